The number of halogens is 2. The normalized spacial score (nSPS) is 25.7. The third-order valence-electron chi connectivity index (χ3n) is 1.20. The minimum absolute atomic E-state index is 0.572. The van der Waals surface area contributed by atoms with Crippen molar-refractivity contribution in [2.75, 3.05) is 5.33 Å². The molecule has 0 amide bonds. The lowest BCUT2D eigenvalue weighted by atomic mass is 10.2. The molecule has 10 heavy (non-hydrogen) atoms. The minimum atomic E-state index is 0.572. The number of hydrogen-bond donors (Lipinski definition) is 0. The van der Waals surface area contributed by atoms with E-state index in [0.29, 0.717) is 5.92 Å². The predicted molar refractivity (Wildman–Crippen MR) is 55.6 cm³/mol. The van der Waals surface area contributed by atoms with Crippen LogP contribution in [0.15, 0.2) is 20.9 Å². The zero-order valence-corrected chi connectivity index (χ0v) is 9.59. The molecule has 1 aliphatic rings. The SMILES string of the molecule is CC1C=C(Br)SC(CBr)=C1. The Hall–Kier alpha value is 0.790. The van der Waals surface area contributed by atoms with Gasteiger partial charge >= 0.3 is 0 Å². The van der Waals surface area contributed by atoms with Gasteiger partial charge in [0.1, 0.15) is 0 Å². The highest BCUT2D eigenvalue weighted by Crippen LogP contribution is 2.36. The molecule has 0 saturated heterocycles. The molecule has 56 valence electrons. The molecule has 1 atom stereocenters. The van der Waals surface area contributed by atoms with Gasteiger partial charge in [0, 0.05) is 5.33 Å². The molecule has 1 heterocycles. The van der Waals surface area contributed by atoms with Crippen LogP contribution in [0.1, 0.15) is 6.92 Å². The molecular weight excluding hydrogens is 276 g/mol. The van der Waals surface area contributed by atoms with E-state index >= 15 is 0 Å². The van der Waals surface area contributed by atoms with Crippen LogP contribution in [0, 0.1) is 5.92 Å². The highest BCUT2D eigenvalue weighted by molar-refractivity contribution is 9.14. The van der Waals surface area contributed by atoms with Crippen LogP contribution in [0.25, 0.3) is 0 Å². The fraction of sp³-hybridized carbons (Fsp3) is 0.429. The average Bonchev–Trinajstić information content (AvgIpc) is 1.85. The van der Waals surface area contributed by atoms with Gasteiger partial charge in [0.25, 0.3) is 0 Å². The summed E-state index contributed by atoms with van der Waals surface area (Å²) in [5.41, 5.74) is 0. The summed E-state index contributed by atoms with van der Waals surface area (Å²) < 4.78 is 1.23. The summed E-state index contributed by atoms with van der Waals surface area (Å²) in [4.78, 5) is 1.39. The number of alkyl halides is 1. The Labute approximate surface area is 82.4 Å². The second-order valence-corrected chi connectivity index (χ2v) is 5.31. The fourth-order valence-electron chi connectivity index (χ4n) is 0.813. The zero-order chi connectivity index (χ0) is 7.56. The molecule has 0 N–H and O–H groups in total. The molecule has 1 aliphatic heterocycles. The van der Waals surface area contributed by atoms with Crippen LogP contribution in [-0.4, -0.2) is 5.33 Å². The first kappa shape index (κ1) is 8.88. The molecule has 0 aliphatic carbocycles. The number of thioether (sulfide) groups is 1. The van der Waals surface area contributed by atoms with Gasteiger partial charge < -0.3 is 0 Å². The summed E-state index contributed by atoms with van der Waals surface area (Å²) in [6.45, 7) is 2.18. The zero-order valence-electron chi connectivity index (χ0n) is 5.60. The predicted octanol–water partition coefficient (Wildman–Crippen LogP) is 3.88. The van der Waals surface area contributed by atoms with Gasteiger partial charge in [0.05, 0.1) is 3.81 Å². The van der Waals surface area contributed by atoms with Gasteiger partial charge in [-0.2, -0.15) is 0 Å². The van der Waals surface area contributed by atoms with E-state index in [4.69, 9.17) is 0 Å². The van der Waals surface area contributed by atoms with E-state index in [1.54, 1.807) is 11.8 Å². The fourth-order valence-corrected chi connectivity index (χ4v) is 3.25. The van der Waals surface area contributed by atoms with Crippen LogP contribution in [-0.2, 0) is 0 Å². The molecule has 0 saturated carbocycles. The van der Waals surface area contributed by atoms with Crippen molar-refractivity contribution in [2.24, 2.45) is 5.92 Å². The molecule has 0 radical (unpaired) electrons. The van der Waals surface area contributed by atoms with E-state index < -0.39 is 0 Å². The van der Waals surface area contributed by atoms with E-state index in [0.717, 1.165) is 5.33 Å². The van der Waals surface area contributed by atoms with Crippen LogP contribution in [0.4, 0.5) is 0 Å². The van der Waals surface area contributed by atoms with E-state index in [1.807, 2.05) is 0 Å². The van der Waals surface area contributed by atoms with Crippen molar-refractivity contribution in [3.05, 3.63) is 20.9 Å². The van der Waals surface area contributed by atoms with Crippen molar-refractivity contribution in [3.8, 4) is 0 Å². The Bertz CT molecular complexity index is 184. The van der Waals surface area contributed by atoms with Crippen molar-refractivity contribution in [1.29, 1.82) is 0 Å². The van der Waals surface area contributed by atoms with Crippen LogP contribution < -0.4 is 0 Å². The van der Waals surface area contributed by atoms with Crippen LogP contribution in [0.2, 0.25) is 0 Å². The molecule has 0 fully saturated rings. The van der Waals surface area contributed by atoms with Gasteiger partial charge in [-0.05, 0) is 26.8 Å². The quantitative estimate of drug-likeness (QED) is 0.658. The molecule has 0 bridgehead atoms. The van der Waals surface area contributed by atoms with E-state index in [-0.39, 0.29) is 0 Å². The lowest BCUT2D eigenvalue weighted by molar-refractivity contribution is 0.934. The molecule has 1 unspecified atom stereocenters. The smallest absolute Gasteiger partial charge is 0.0514 e. The van der Waals surface area contributed by atoms with Crippen molar-refractivity contribution in [1.82, 2.24) is 0 Å². The summed E-state index contributed by atoms with van der Waals surface area (Å²) in [7, 11) is 0. The van der Waals surface area contributed by atoms with Gasteiger partial charge in [-0.1, -0.05) is 46.8 Å². The summed E-state index contributed by atoms with van der Waals surface area (Å²) in [6.07, 6.45) is 4.47. The van der Waals surface area contributed by atoms with Crippen LogP contribution in [0.5, 0.6) is 0 Å². The number of allylic oxidation sites excluding steroid dienone is 3. The molecule has 0 aromatic carbocycles. The molecule has 3 heteroatoms. The average molecular weight is 284 g/mol. The Morgan fingerprint density at radius 1 is 1.60 bits per heavy atom. The number of hydrogen-bond acceptors (Lipinski definition) is 1. The monoisotopic (exact) mass is 282 g/mol. The van der Waals surface area contributed by atoms with E-state index in [2.05, 4.69) is 50.9 Å². The Balaban J connectivity index is 2.65. The summed E-state index contributed by atoms with van der Waals surface area (Å²) in [6, 6.07) is 0. The Morgan fingerprint density at radius 3 is 2.80 bits per heavy atom. The van der Waals surface area contributed by atoms with Crippen molar-refractivity contribution in [3.63, 3.8) is 0 Å². The highest BCUT2D eigenvalue weighted by Gasteiger charge is 2.08. The van der Waals surface area contributed by atoms with Crippen LogP contribution in [0.3, 0.4) is 0 Å². The molecule has 0 aromatic heterocycles. The summed E-state index contributed by atoms with van der Waals surface area (Å²) >= 11 is 8.68. The van der Waals surface area contributed by atoms with Gasteiger partial charge in [0.15, 0.2) is 0 Å². The molecular formula is C7H8Br2S. The Kier molecular flexibility index (Phi) is 3.53. The topological polar surface area (TPSA) is 0 Å². The standard InChI is InChI=1S/C7H8Br2S/c1-5-2-6(4-8)10-7(9)3-5/h2-3,5H,4H2,1H3. The maximum absolute atomic E-state index is 3.47. The first-order chi connectivity index (χ1) is 4.72. The first-order valence-corrected chi connectivity index (χ1v) is 5.77. The third-order valence-corrected chi connectivity index (χ3v) is 3.80. The number of rotatable bonds is 1. The maximum atomic E-state index is 3.47. The molecule has 0 aromatic rings. The Morgan fingerprint density at radius 2 is 2.30 bits per heavy atom. The second kappa shape index (κ2) is 3.98. The van der Waals surface area contributed by atoms with Crippen molar-refractivity contribution in [2.45, 2.75) is 6.92 Å². The van der Waals surface area contributed by atoms with Gasteiger partial charge in [-0.3, -0.25) is 0 Å². The van der Waals surface area contributed by atoms with E-state index in [9.17, 15) is 0 Å². The molecule has 0 spiro atoms. The first-order valence-electron chi connectivity index (χ1n) is 3.04. The van der Waals surface area contributed by atoms with E-state index in [1.165, 1.54) is 8.72 Å². The van der Waals surface area contributed by atoms with Crippen molar-refractivity contribution >= 4 is 43.6 Å². The van der Waals surface area contributed by atoms with Crippen LogP contribution >= 0.6 is 43.6 Å². The maximum Gasteiger partial charge on any atom is 0.0514 e. The van der Waals surface area contributed by atoms with Gasteiger partial charge in [-0.25, -0.2) is 0 Å². The largest absolute Gasteiger partial charge is 0.0871 e. The van der Waals surface area contributed by atoms with Gasteiger partial charge in [0.2, 0.25) is 0 Å². The van der Waals surface area contributed by atoms with Gasteiger partial charge in [-0.15, -0.1) is 0 Å². The molecule has 0 nitrogen and oxygen atoms in total. The third kappa shape index (κ3) is 2.44. The van der Waals surface area contributed by atoms with Crippen molar-refractivity contribution < 1.29 is 0 Å². The lowest BCUT2D eigenvalue weighted by Gasteiger charge is -2.11. The lowest BCUT2D eigenvalue weighted by Crippen LogP contribution is -1.92. The summed E-state index contributed by atoms with van der Waals surface area (Å²) in [5, 5.41) is 0.963. The second-order valence-electron chi connectivity index (χ2n) is 2.20. The minimum Gasteiger partial charge on any atom is -0.0871 e. The summed E-state index contributed by atoms with van der Waals surface area (Å²) in [5.74, 6) is 0.572. The highest BCUT2D eigenvalue weighted by atomic mass is 79.9. The molecule has 1 rings (SSSR count).